The van der Waals surface area contributed by atoms with Crippen molar-refractivity contribution in [1.29, 1.82) is 0 Å². The molecule has 0 saturated carbocycles. The van der Waals surface area contributed by atoms with Crippen LogP contribution < -0.4 is 5.32 Å². The quantitative estimate of drug-likeness (QED) is 0.747. The molecule has 2 rings (SSSR count). The van der Waals surface area contributed by atoms with E-state index in [-0.39, 0.29) is 6.03 Å². The third-order valence-electron chi connectivity index (χ3n) is 3.21. The van der Waals surface area contributed by atoms with E-state index in [0.717, 1.165) is 52.1 Å². The normalized spacial score (nSPS) is 26.7. The molecule has 1 atom stereocenters. The van der Waals surface area contributed by atoms with Gasteiger partial charge in [-0.2, -0.15) is 0 Å². The van der Waals surface area contributed by atoms with E-state index in [9.17, 15) is 4.79 Å². The van der Waals surface area contributed by atoms with Crippen LogP contribution in [0.1, 0.15) is 25.7 Å². The van der Waals surface area contributed by atoms with Gasteiger partial charge in [-0.05, 0) is 25.7 Å². The lowest BCUT2D eigenvalue weighted by Crippen LogP contribution is -2.44. The number of nitrogens with zero attached hydrogens (tertiary/aromatic N) is 1. The lowest BCUT2D eigenvalue weighted by Gasteiger charge is -2.27. The molecule has 86 valence electrons. The molecule has 2 heterocycles. The number of hydrogen-bond donors (Lipinski definition) is 1. The summed E-state index contributed by atoms with van der Waals surface area (Å²) < 4.78 is 5.27. The molecule has 2 aliphatic rings. The monoisotopic (exact) mass is 212 g/mol. The van der Waals surface area contributed by atoms with Crippen molar-refractivity contribution >= 4 is 6.03 Å². The Morgan fingerprint density at radius 2 is 2.13 bits per heavy atom. The Hall–Kier alpha value is -0.770. The molecular weight excluding hydrogens is 192 g/mol. The first-order valence-electron chi connectivity index (χ1n) is 5.97. The van der Waals surface area contributed by atoms with Gasteiger partial charge >= 0.3 is 6.03 Å². The smallest absolute Gasteiger partial charge is 0.317 e. The molecule has 0 aromatic heterocycles. The Balaban J connectivity index is 1.66. The molecule has 4 nitrogen and oxygen atoms in total. The maximum absolute atomic E-state index is 11.7. The van der Waals surface area contributed by atoms with Crippen molar-refractivity contribution in [3.05, 3.63) is 0 Å². The van der Waals surface area contributed by atoms with Gasteiger partial charge in [-0.25, -0.2) is 4.79 Å². The maximum Gasteiger partial charge on any atom is 0.317 e. The second-order valence-corrected chi connectivity index (χ2v) is 4.46. The summed E-state index contributed by atoms with van der Waals surface area (Å²) in [4.78, 5) is 13.7. The Bertz CT molecular complexity index is 209. The predicted molar refractivity (Wildman–Crippen MR) is 57.7 cm³/mol. The summed E-state index contributed by atoms with van der Waals surface area (Å²) in [5.74, 6) is 0.527. The minimum Gasteiger partial charge on any atom is -0.381 e. The minimum atomic E-state index is 0.113. The Labute approximate surface area is 91.0 Å². The fourth-order valence-electron chi connectivity index (χ4n) is 2.18. The number of amides is 2. The molecule has 1 unspecified atom stereocenters. The lowest BCUT2D eigenvalue weighted by molar-refractivity contribution is 0.176. The zero-order valence-electron chi connectivity index (χ0n) is 9.21. The van der Waals surface area contributed by atoms with Crippen molar-refractivity contribution in [3.8, 4) is 0 Å². The molecule has 1 N–H and O–H groups in total. The van der Waals surface area contributed by atoms with Crippen molar-refractivity contribution < 1.29 is 9.53 Å². The number of ether oxygens (including phenoxy) is 1. The second kappa shape index (κ2) is 5.35. The van der Waals surface area contributed by atoms with Crippen molar-refractivity contribution in [2.75, 3.05) is 32.8 Å². The van der Waals surface area contributed by atoms with Crippen LogP contribution in [0.5, 0.6) is 0 Å². The molecule has 0 radical (unpaired) electrons. The number of urea groups is 1. The van der Waals surface area contributed by atoms with Gasteiger partial charge in [-0.3, -0.25) is 0 Å². The molecule has 0 aromatic carbocycles. The summed E-state index contributed by atoms with van der Waals surface area (Å²) in [5.41, 5.74) is 0. The van der Waals surface area contributed by atoms with E-state index in [2.05, 4.69) is 5.32 Å². The number of rotatable bonds is 2. The summed E-state index contributed by atoms with van der Waals surface area (Å²) in [6, 6.07) is 0.113. The van der Waals surface area contributed by atoms with Crippen LogP contribution in [0, 0.1) is 5.92 Å². The summed E-state index contributed by atoms with van der Waals surface area (Å²) in [6.45, 7) is 4.28. The van der Waals surface area contributed by atoms with Crippen LogP contribution in [0.4, 0.5) is 4.79 Å². The molecule has 2 saturated heterocycles. The average molecular weight is 212 g/mol. The van der Waals surface area contributed by atoms with Crippen LogP contribution in [-0.2, 0) is 4.74 Å². The van der Waals surface area contributed by atoms with Crippen LogP contribution in [0.25, 0.3) is 0 Å². The fourth-order valence-corrected chi connectivity index (χ4v) is 2.18. The van der Waals surface area contributed by atoms with Gasteiger partial charge in [-0.1, -0.05) is 0 Å². The van der Waals surface area contributed by atoms with Crippen LogP contribution in [0.3, 0.4) is 0 Å². The Morgan fingerprint density at radius 1 is 1.33 bits per heavy atom. The summed E-state index contributed by atoms with van der Waals surface area (Å²) in [5, 5.41) is 3.00. The molecule has 15 heavy (non-hydrogen) atoms. The van der Waals surface area contributed by atoms with E-state index in [1.807, 2.05) is 4.90 Å². The summed E-state index contributed by atoms with van der Waals surface area (Å²) in [6.07, 6.45) is 4.65. The van der Waals surface area contributed by atoms with E-state index in [1.165, 1.54) is 6.42 Å². The number of piperidine rings is 1. The summed E-state index contributed by atoms with van der Waals surface area (Å²) in [7, 11) is 0. The number of likely N-dealkylation sites (tertiary alicyclic amines) is 1. The molecule has 0 spiro atoms. The number of hydrogen-bond acceptors (Lipinski definition) is 2. The molecule has 2 fully saturated rings. The maximum atomic E-state index is 11.7. The number of carbonyl (C=O) groups excluding carboxylic acids is 1. The van der Waals surface area contributed by atoms with Gasteiger partial charge in [0.1, 0.15) is 0 Å². The molecule has 2 amide bonds. The molecule has 0 bridgehead atoms. The van der Waals surface area contributed by atoms with Crippen LogP contribution in [0.15, 0.2) is 0 Å². The molecule has 0 aromatic rings. The van der Waals surface area contributed by atoms with Crippen LogP contribution >= 0.6 is 0 Å². The second-order valence-electron chi connectivity index (χ2n) is 4.46. The molecular formula is C11H20N2O2. The molecule has 4 heteroatoms. The van der Waals surface area contributed by atoms with Gasteiger partial charge < -0.3 is 15.0 Å². The van der Waals surface area contributed by atoms with Gasteiger partial charge in [0.15, 0.2) is 0 Å². The van der Waals surface area contributed by atoms with Gasteiger partial charge in [0.05, 0.1) is 6.61 Å². The molecule has 0 aliphatic carbocycles. The fraction of sp³-hybridized carbons (Fsp3) is 0.909. The van der Waals surface area contributed by atoms with Crippen molar-refractivity contribution in [1.82, 2.24) is 10.2 Å². The third kappa shape index (κ3) is 3.09. The highest BCUT2D eigenvalue weighted by atomic mass is 16.5. The van der Waals surface area contributed by atoms with Crippen molar-refractivity contribution in [3.63, 3.8) is 0 Å². The first-order valence-corrected chi connectivity index (χ1v) is 5.97. The van der Waals surface area contributed by atoms with E-state index in [0.29, 0.717) is 5.92 Å². The first-order chi connectivity index (χ1) is 7.36. The van der Waals surface area contributed by atoms with Gasteiger partial charge in [-0.15, -0.1) is 0 Å². The Kier molecular flexibility index (Phi) is 3.83. The summed E-state index contributed by atoms with van der Waals surface area (Å²) >= 11 is 0. The highest BCUT2D eigenvalue weighted by molar-refractivity contribution is 5.74. The third-order valence-corrected chi connectivity index (χ3v) is 3.21. The Morgan fingerprint density at radius 3 is 2.80 bits per heavy atom. The van der Waals surface area contributed by atoms with E-state index in [4.69, 9.17) is 4.74 Å². The van der Waals surface area contributed by atoms with E-state index in [1.54, 1.807) is 0 Å². The van der Waals surface area contributed by atoms with Crippen LogP contribution in [0.2, 0.25) is 0 Å². The van der Waals surface area contributed by atoms with Gasteiger partial charge in [0, 0.05) is 32.2 Å². The SMILES string of the molecule is O=C(NCC1CCOC1)N1CCCCC1. The van der Waals surface area contributed by atoms with Crippen molar-refractivity contribution in [2.24, 2.45) is 5.92 Å². The number of carbonyl (C=O) groups is 1. The number of nitrogens with one attached hydrogen (secondary N) is 1. The minimum absolute atomic E-state index is 0.113. The predicted octanol–water partition coefficient (Wildman–Crippen LogP) is 1.22. The average Bonchev–Trinajstić information content (AvgIpc) is 2.80. The van der Waals surface area contributed by atoms with Gasteiger partial charge in [0.2, 0.25) is 0 Å². The van der Waals surface area contributed by atoms with Gasteiger partial charge in [0.25, 0.3) is 0 Å². The molecule has 2 aliphatic heterocycles. The standard InChI is InChI=1S/C11H20N2O2/c14-11(13-5-2-1-3-6-13)12-8-10-4-7-15-9-10/h10H,1-9H2,(H,12,14). The lowest BCUT2D eigenvalue weighted by atomic mass is 10.1. The topological polar surface area (TPSA) is 41.6 Å². The highest BCUT2D eigenvalue weighted by Crippen LogP contribution is 2.12. The van der Waals surface area contributed by atoms with E-state index < -0.39 is 0 Å². The zero-order valence-corrected chi connectivity index (χ0v) is 9.21. The van der Waals surface area contributed by atoms with E-state index >= 15 is 0 Å². The van der Waals surface area contributed by atoms with Crippen LogP contribution in [-0.4, -0.2) is 43.8 Å². The zero-order chi connectivity index (χ0) is 10.5. The highest BCUT2D eigenvalue weighted by Gasteiger charge is 2.19. The largest absolute Gasteiger partial charge is 0.381 e. The first kappa shape index (κ1) is 10.7. The van der Waals surface area contributed by atoms with Crippen molar-refractivity contribution in [2.45, 2.75) is 25.7 Å².